The zero-order chi connectivity index (χ0) is 14.5. The van der Waals surface area contributed by atoms with Gasteiger partial charge in [0.15, 0.2) is 0 Å². The number of rotatable bonds is 6. The molecular weight excluding hydrogens is 275 g/mol. The number of methoxy groups -OCH3 is 1. The van der Waals surface area contributed by atoms with Gasteiger partial charge in [-0.3, -0.25) is 0 Å². The highest BCUT2D eigenvalue weighted by molar-refractivity contribution is 7.15. The molecule has 2 aromatic rings. The number of hydrogen-bond donors (Lipinski definition) is 1. The number of thiazole rings is 1. The van der Waals surface area contributed by atoms with E-state index in [1.807, 2.05) is 6.07 Å². The van der Waals surface area contributed by atoms with Crippen molar-refractivity contribution in [2.24, 2.45) is 0 Å². The zero-order valence-electron chi connectivity index (χ0n) is 11.9. The van der Waals surface area contributed by atoms with Crippen molar-refractivity contribution in [2.45, 2.75) is 33.0 Å². The molecule has 0 aliphatic rings. The number of halogens is 1. The zero-order valence-corrected chi connectivity index (χ0v) is 12.8. The minimum absolute atomic E-state index is 0.243. The molecule has 0 aliphatic heterocycles. The molecule has 0 saturated carbocycles. The monoisotopic (exact) mass is 294 g/mol. The maximum Gasteiger partial charge on any atom is 0.124 e. The summed E-state index contributed by atoms with van der Waals surface area (Å²) in [5.74, 6) is -0.243. The highest BCUT2D eigenvalue weighted by Gasteiger charge is 2.13. The lowest BCUT2D eigenvalue weighted by molar-refractivity contribution is 0.181. The van der Waals surface area contributed by atoms with Crippen LogP contribution in [0.4, 0.5) is 4.39 Å². The molecule has 0 spiro atoms. The fraction of sp³-hybridized carbons (Fsp3) is 0.400. The van der Waals surface area contributed by atoms with E-state index in [0.717, 1.165) is 27.7 Å². The molecule has 1 aromatic carbocycles. The predicted octanol–water partition coefficient (Wildman–Crippen LogP) is 3.59. The van der Waals surface area contributed by atoms with E-state index in [-0.39, 0.29) is 5.82 Å². The first-order valence-corrected chi connectivity index (χ1v) is 7.38. The summed E-state index contributed by atoms with van der Waals surface area (Å²) >= 11 is 1.58. The number of nitrogens with zero attached hydrogens (tertiary/aromatic N) is 1. The van der Waals surface area contributed by atoms with Crippen molar-refractivity contribution in [3.8, 4) is 10.6 Å². The lowest BCUT2D eigenvalue weighted by atomic mass is 10.2. The molecule has 0 saturated heterocycles. The second-order valence-corrected chi connectivity index (χ2v) is 5.95. The van der Waals surface area contributed by atoms with Gasteiger partial charge < -0.3 is 10.1 Å². The predicted molar refractivity (Wildman–Crippen MR) is 80.2 cm³/mol. The molecule has 0 amide bonds. The van der Waals surface area contributed by atoms with E-state index in [1.54, 1.807) is 24.5 Å². The van der Waals surface area contributed by atoms with Crippen LogP contribution in [0.2, 0.25) is 0 Å². The average molecular weight is 294 g/mol. The van der Waals surface area contributed by atoms with Crippen LogP contribution < -0.4 is 5.32 Å². The smallest absolute Gasteiger partial charge is 0.124 e. The number of ether oxygens (including phenoxy) is 1. The van der Waals surface area contributed by atoms with Gasteiger partial charge in [-0.15, -0.1) is 11.3 Å². The minimum atomic E-state index is -0.243. The summed E-state index contributed by atoms with van der Waals surface area (Å²) in [4.78, 5) is 5.71. The van der Waals surface area contributed by atoms with Gasteiger partial charge in [-0.2, -0.15) is 0 Å². The maximum absolute atomic E-state index is 13.3. The Morgan fingerprint density at radius 2 is 2.20 bits per heavy atom. The maximum atomic E-state index is 13.3. The normalized spacial score (nSPS) is 11.2. The summed E-state index contributed by atoms with van der Waals surface area (Å²) in [6, 6.07) is 6.93. The number of hydrogen-bond acceptors (Lipinski definition) is 4. The highest BCUT2D eigenvalue weighted by Crippen LogP contribution is 2.29. The van der Waals surface area contributed by atoms with Crippen molar-refractivity contribution >= 4 is 11.3 Å². The number of nitrogens with one attached hydrogen (secondary N) is 1. The topological polar surface area (TPSA) is 34.1 Å². The van der Waals surface area contributed by atoms with E-state index in [4.69, 9.17) is 4.74 Å². The summed E-state index contributed by atoms with van der Waals surface area (Å²) in [6.07, 6.45) is 0. The Hall–Kier alpha value is -1.30. The largest absolute Gasteiger partial charge is 0.378 e. The summed E-state index contributed by atoms with van der Waals surface area (Å²) in [6.45, 7) is 5.43. The van der Waals surface area contributed by atoms with E-state index >= 15 is 0 Å². The van der Waals surface area contributed by atoms with Crippen LogP contribution in [0.25, 0.3) is 10.6 Å². The van der Waals surface area contributed by atoms with Gasteiger partial charge in [-0.25, -0.2) is 9.37 Å². The molecule has 0 fully saturated rings. The summed E-state index contributed by atoms with van der Waals surface area (Å²) in [5.41, 5.74) is 1.73. The van der Waals surface area contributed by atoms with Crippen molar-refractivity contribution in [1.29, 1.82) is 0 Å². The molecule has 0 bridgehead atoms. The van der Waals surface area contributed by atoms with Crippen LogP contribution in [-0.2, 0) is 17.9 Å². The number of aromatic nitrogens is 1. The van der Waals surface area contributed by atoms with Gasteiger partial charge in [0.05, 0.1) is 12.3 Å². The highest BCUT2D eigenvalue weighted by atomic mass is 32.1. The van der Waals surface area contributed by atoms with Crippen LogP contribution in [0.15, 0.2) is 24.3 Å². The lowest BCUT2D eigenvalue weighted by Crippen LogP contribution is -2.21. The molecule has 0 atom stereocenters. The van der Waals surface area contributed by atoms with E-state index in [1.165, 1.54) is 12.1 Å². The molecule has 108 valence electrons. The molecule has 5 heteroatoms. The van der Waals surface area contributed by atoms with Gasteiger partial charge in [-0.1, -0.05) is 26.0 Å². The first kappa shape index (κ1) is 15.1. The van der Waals surface area contributed by atoms with E-state index < -0.39 is 0 Å². The lowest BCUT2D eigenvalue weighted by Gasteiger charge is -2.07. The molecule has 1 N–H and O–H groups in total. The minimum Gasteiger partial charge on any atom is -0.378 e. The van der Waals surface area contributed by atoms with Crippen LogP contribution in [0.3, 0.4) is 0 Å². The first-order chi connectivity index (χ1) is 9.60. The third-order valence-electron chi connectivity index (χ3n) is 2.80. The molecule has 2 rings (SSSR count). The van der Waals surface area contributed by atoms with Crippen molar-refractivity contribution in [3.63, 3.8) is 0 Å². The average Bonchev–Trinajstić information content (AvgIpc) is 2.80. The van der Waals surface area contributed by atoms with Gasteiger partial charge in [-0.05, 0) is 12.1 Å². The summed E-state index contributed by atoms with van der Waals surface area (Å²) < 4.78 is 18.5. The Kier molecular flexibility index (Phi) is 5.23. The van der Waals surface area contributed by atoms with Gasteiger partial charge in [0.2, 0.25) is 0 Å². The number of benzene rings is 1. The first-order valence-electron chi connectivity index (χ1n) is 6.57. The molecule has 0 radical (unpaired) electrons. The molecule has 1 aromatic heterocycles. The van der Waals surface area contributed by atoms with Gasteiger partial charge in [0, 0.05) is 30.1 Å². The van der Waals surface area contributed by atoms with Crippen molar-refractivity contribution < 1.29 is 9.13 Å². The SMILES string of the molecule is COCc1nc(-c2cccc(F)c2)sc1CNC(C)C. The van der Waals surface area contributed by atoms with E-state index in [9.17, 15) is 4.39 Å². The summed E-state index contributed by atoms with van der Waals surface area (Å²) in [7, 11) is 1.65. The third-order valence-corrected chi connectivity index (χ3v) is 3.95. The molecular formula is C15H19FN2OS. The Bertz CT molecular complexity index is 569. The van der Waals surface area contributed by atoms with Crippen molar-refractivity contribution in [2.75, 3.05) is 7.11 Å². The van der Waals surface area contributed by atoms with Crippen LogP contribution in [0, 0.1) is 5.82 Å². The Morgan fingerprint density at radius 1 is 1.40 bits per heavy atom. The molecule has 1 heterocycles. The van der Waals surface area contributed by atoms with Crippen LogP contribution in [0.5, 0.6) is 0 Å². The van der Waals surface area contributed by atoms with Crippen LogP contribution in [0.1, 0.15) is 24.4 Å². The van der Waals surface area contributed by atoms with Crippen molar-refractivity contribution in [3.05, 3.63) is 40.7 Å². The Morgan fingerprint density at radius 3 is 2.85 bits per heavy atom. The second-order valence-electron chi connectivity index (χ2n) is 4.87. The fourth-order valence-corrected chi connectivity index (χ4v) is 2.82. The van der Waals surface area contributed by atoms with Gasteiger partial charge >= 0.3 is 0 Å². The summed E-state index contributed by atoms with van der Waals surface area (Å²) in [5, 5.41) is 4.21. The third kappa shape index (κ3) is 3.85. The quantitative estimate of drug-likeness (QED) is 0.884. The molecule has 20 heavy (non-hydrogen) atoms. The van der Waals surface area contributed by atoms with Crippen LogP contribution in [-0.4, -0.2) is 18.1 Å². The fourth-order valence-electron chi connectivity index (χ4n) is 1.81. The second kappa shape index (κ2) is 6.92. The Balaban J connectivity index is 2.28. The molecule has 0 unspecified atom stereocenters. The standard InChI is InChI=1S/C15H19FN2OS/c1-10(2)17-8-14-13(9-19-3)18-15(20-14)11-5-4-6-12(16)7-11/h4-7,10,17H,8-9H2,1-3H3. The van der Waals surface area contributed by atoms with Gasteiger partial charge in [0.25, 0.3) is 0 Å². The molecule has 0 aliphatic carbocycles. The van der Waals surface area contributed by atoms with Crippen molar-refractivity contribution in [1.82, 2.24) is 10.3 Å². The van der Waals surface area contributed by atoms with Crippen LogP contribution >= 0.6 is 11.3 Å². The van der Waals surface area contributed by atoms with E-state index in [0.29, 0.717) is 12.6 Å². The Labute approximate surface area is 122 Å². The van der Waals surface area contributed by atoms with E-state index in [2.05, 4.69) is 24.1 Å². The van der Waals surface area contributed by atoms with Gasteiger partial charge in [0.1, 0.15) is 10.8 Å². The molecule has 3 nitrogen and oxygen atoms in total.